The molecule has 1 fully saturated rings. The smallest absolute Gasteiger partial charge is 0.263 e. The van der Waals surface area contributed by atoms with E-state index in [4.69, 9.17) is 16.5 Å². The first-order valence-electron chi connectivity index (χ1n) is 11.0. The third-order valence-electron chi connectivity index (χ3n) is 6.58. The molecule has 3 atom stereocenters. The molecular weight excluding hydrogens is 446 g/mol. The molecule has 0 unspecified atom stereocenters. The summed E-state index contributed by atoms with van der Waals surface area (Å²) in [5, 5.41) is 3.91. The number of carbonyl (C=O) groups excluding carboxylic acids is 1. The second-order valence-corrected chi connectivity index (χ2v) is 9.90. The number of pyridine rings is 2. The van der Waals surface area contributed by atoms with Crippen LogP contribution in [0.3, 0.4) is 0 Å². The largest absolute Gasteiger partial charge is 0.397 e. The summed E-state index contributed by atoms with van der Waals surface area (Å²) in [6.07, 6.45) is -0.317. The van der Waals surface area contributed by atoms with E-state index in [1.54, 1.807) is 0 Å². The van der Waals surface area contributed by atoms with Crippen LogP contribution in [0, 0.1) is 12.8 Å². The van der Waals surface area contributed by atoms with Gasteiger partial charge in [0.15, 0.2) is 0 Å². The second kappa shape index (κ2) is 8.49. The minimum absolute atomic E-state index is 0.0274. The quantitative estimate of drug-likeness (QED) is 0.539. The number of nitrogens with zero attached hydrogens (tertiary/aromatic N) is 3. The number of nitrogens with two attached hydrogens (primary N) is 2. The predicted octanol–water partition coefficient (Wildman–Crippen LogP) is 2.90. The summed E-state index contributed by atoms with van der Waals surface area (Å²) in [4.78, 5) is 25.2. The SMILES string of the molecule is Cc1ccc2c(N)c(C(=O)N[C@H]3CCc4nc(N5C[C@H](C(F)F)[C@@H](N)C5)ccc4C3)sc2n1. The molecule has 10 heteroatoms. The second-order valence-electron chi connectivity index (χ2n) is 8.91. The molecule has 3 aromatic heterocycles. The lowest BCUT2D eigenvalue weighted by Crippen LogP contribution is -2.39. The number of nitrogens with one attached hydrogen (secondary N) is 1. The first-order valence-corrected chi connectivity index (χ1v) is 11.9. The monoisotopic (exact) mass is 472 g/mol. The van der Waals surface area contributed by atoms with Gasteiger partial charge in [-0.25, -0.2) is 18.7 Å². The summed E-state index contributed by atoms with van der Waals surface area (Å²) < 4.78 is 26.3. The van der Waals surface area contributed by atoms with Crippen molar-refractivity contribution in [2.45, 2.75) is 44.7 Å². The van der Waals surface area contributed by atoms with Gasteiger partial charge in [0.05, 0.1) is 11.6 Å². The Balaban J connectivity index is 1.27. The Labute approximate surface area is 194 Å². The van der Waals surface area contributed by atoms with Gasteiger partial charge in [-0.15, -0.1) is 11.3 Å². The zero-order valence-corrected chi connectivity index (χ0v) is 19.0. The Morgan fingerprint density at radius 1 is 1.24 bits per heavy atom. The number of halogens is 2. The highest BCUT2D eigenvalue weighted by Gasteiger charge is 2.37. The lowest BCUT2D eigenvalue weighted by atomic mass is 9.91. The van der Waals surface area contributed by atoms with Gasteiger partial charge in [0.25, 0.3) is 5.91 Å². The molecule has 1 saturated heterocycles. The van der Waals surface area contributed by atoms with Crippen molar-refractivity contribution in [1.82, 2.24) is 15.3 Å². The van der Waals surface area contributed by atoms with Crippen LogP contribution in [0.2, 0.25) is 0 Å². The molecule has 1 aliphatic heterocycles. The molecule has 5 rings (SSSR count). The molecule has 174 valence electrons. The van der Waals surface area contributed by atoms with Gasteiger partial charge in [-0.3, -0.25) is 4.79 Å². The molecule has 4 heterocycles. The van der Waals surface area contributed by atoms with E-state index in [0.717, 1.165) is 33.6 Å². The number of hydrogen-bond donors (Lipinski definition) is 3. The summed E-state index contributed by atoms with van der Waals surface area (Å²) in [5.41, 5.74) is 15.5. The van der Waals surface area contributed by atoms with E-state index in [0.29, 0.717) is 35.8 Å². The fourth-order valence-electron chi connectivity index (χ4n) is 4.72. The first kappa shape index (κ1) is 22.0. The van der Waals surface area contributed by atoms with Crippen molar-refractivity contribution in [3.05, 3.63) is 46.1 Å². The number of hydrogen-bond acceptors (Lipinski definition) is 7. The number of alkyl halides is 2. The van der Waals surface area contributed by atoms with Crippen molar-refractivity contribution in [3.8, 4) is 0 Å². The molecule has 1 amide bonds. The lowest BCUT2D eigenvalue weighted by Gasteiger charge is -2.26. The van der Waals surface area contributed by atoms with Gasteiger partial charge in [-0.2, -0.15) is 0 Å². The number of amides is 1. The summed E-state index contributed by atoms with van der Waals surface area (Å²) in [7, 11) is 0. The van der Waals surface area contributed by atoms with Crippen LogP contribution < -0.4 is 21.7 Å². The number of aromatic nitrogens is 2. The van der Waals surface area contributed by atoms with Crippen molar-refractivity contribution in [1.29, 1.82) is 0 Å². The minimum Gasteiger partial charge on any atom is -0.397 e. The number of nitrogen functional groups attached to an aromatic ring is 1. The van der Waals surface area contributed by atoms with Gasteiger partial charge >= 0.3 is 0 Å². The zero-order chi connectivity index (χ0) is 23.3. The average Bonchev–Trinajstić information content (AvgIpc) is 3.33. The number of carbonyl (C=O) groups is 1. The summed E-state index contributed by atoms with van der Waals surface area (Å²) in [6, 6.07) is 7.05. The van der Waals surface area contributed by atoms with Crippen LogP contribution in [-0.2, 0) is 12.8 Å². The molecule has 5 N–H and O–H groups in total. The van der Waals surface area contributed by atoms with Crippen LogP contribution >= 0.6 is 11.3 Å². The van der Waals surface area contributed by atoms with Crippen molar-refractivity contribution in [2.24, 2.45) is 11.7 Å². The van der Waals surface area contributed by atoms with Crippen LogP contribution in [0.4, 0.5) is 20.3 Å². The van der Waals surface area contributed by atoms with Crippen LogP contribution in [-0.4, -0.2) is 47.5 Å². The van der Waals surface area contributed by atoms with Crippen LogP contribution in [0.25, 0.3) is 10.2 Å². The molecule has 1 aliphatic carbocycles. The molecule has 0 aromatic carbocycles. The lowest BCUT2D eigenvalue weighted by molar-refractivity contribution is 0.0804. The third-order valence-corrected chi connectivity index (χ3v) is 7.70. The molecule has 33 heavy (non-hydrogen) atoms. The van der Waals surface area contributed by atoms with Gasteiger partial charge in [0.2, 0.25) is 6.43 Å². The molecule has 0 spiro atoms. The molecule has 2 aliphatic rings. The number of anilines is 2. The van der Waals surface area contributed by atoms with Gasteiger partial charge in [-0.1, -0.05) is 6.07 Å². The molecular formula is C23H26F2N6OS. The van der Waals surface area contributed by atoms with Crippen LogP contribution in [0.5, 0.6) is 0 Å². The van der Waals surface area contributed by atoms with Crippen molar-refractivity contribution >= 4 is 39.0 Å². The van der Waals surface area contributed by atoms with Crippen molar-refractivity contribution < 1.29 is 13.6 Å². The predicted molar refractivity (Wildman–Crippen MR) is 126 cm³/mol. The van der Waals surface area contributed by atoms with Gasteiger partial charge in [0, 0.05) is 41.9 Å². The summed E-state index contributed by atoms with van der Waals surface area (Å²) >= 11 is 1.31. The topological polar surface area (TPSA) is 110 Å². The average molecular weight is 473 g/mol. The number of rotatable bonds is 4. The third kappa shape index (κ3) is 4.13. The molecule has 0 bridgehead atoms. The maximum atomic E-state index is 13.2. The fraction of sp³-hybridized carbons (Fsp3) is 0.435. The highest BCUT2D eigenvalue weighted by atomic mass is 32.1. The highest BCUT2D eigenvalue weighted by Crippen LogP contribution is 2.33. The number of thiophene rings is 1. The number of aryl methyl sites for hydroxylation is 2. The van der Waals surface area contributed by atoms with E-state index in [1.807, 2.05) is 36.1 Å². The normalized spacial score (nSPS) is 22.7. The first-order chi connectivity index (χ1) is 15.8. The van der Waals surface area contributed by atoms with E-state index in [9.17, 15) is 13.6 Å². The van der Waals surface area contributed by atoms with E-state index >= 15 is 0 Å². The molecule has 3 aromatic rings. The number of fused-ring (bicyclic) bond motifs is 2. The van der Waals surface area contributed by atoms with E-state index in [-0.39, 0.29) is 18.5 Å². The molecule has 0 saturated carbocycles. The van der Waals surface area contributed by atoms with Gasteiger partial charge in [-0.05, 0) is 49.9 Å². The standard InChI is InChI=1S/C23H26F2N6OS/c1-11-2-5-14-19(27)20(33-23(14)28-11)22(32)29-13-4-6-17-12(8-13)3-7-18(30-17)31-9-15(21(24)25)16(26)10-31/h2-3,5,7,13,15-16,21H,4,6,8-10,26-27H2,1H3,(H,29,32)/t13-,15-,16-/m0/s1. The Morgan fingerprint density at radius 3 is 2.82 bits per heavy atom. The molecule has 7 nitrogen and oxygen atoms in total. The van der Waals surface area contributed by atoms with Gasteiger partial charge in [0.1, 0.15) is 15.5 Å². The molecule has 0 radical (unpaired) electrons. The Hall–Kier alpha value is -2.85. The maximum Gasteiger partial charge on any atom is 0.263 e. The highest BCUT2D eigenvalue weighted by molar-refractivity contribution is 7.21. The van der Waals surface area contributed by atoms with E-state index in [1.165, 1.54) is 11.3 Å². The Bertz CT molecular complexity index is 1220. The fourth-order valence-corrected chi connectivity index (χ4v) is 5.76. The zero-order valence-electron chi connectivity index (χ0n) is 18.2. The Morgan fingerprint density at radius 2 is 2.06 bits per heavy atom. The summed E-state index contributed by atoms with van der Waals surface area (Å²) in [6.45, 7) is 2.50. The van der Waals surface area contributed by atoms with E-state index < -0.39 is 18.4 Å². The summed E-state index contributed by atoms with van der Waals surface area (Å²) in [5.74, 6) is -0.325. The van der Waals surface area contributed by atoms with Gasteiger partial charge < -0.3 is 21.7 Å². The Kier molecular flexibility index (Phi) is 5.65. The van der Waals surface area contributed by atoms with Crippen LogP contribution in [0.15, 0.2) is 24.3 Å². The van der Waals surface area contributed by atoms with Crippen LogP contribution in [0.1, 0.15) is 33.0 Å². The van der Waals surface area contributed by atoms with Crippen molar-refractivity contribution in [3.63, 3.8) is 0 Å². The maximum absolute atomic E-state index is 13.2. The van der Waals surface area contributed by atoms with Crippen molar-refractivity contribution in [2.75, 3.05) is 23.7 Å². The van der Waals surface area contributed by atoms with E-state index in [2.05, 4.69) is 10.3 Å². The minimum atomic E-state index is -2.43.